The van der Waals surface area contributed by atoms with E-state index in [0.717, 1.165) is 30.5 Å². The summed E-state index contributed by atoms with van der Waals surface area (Å²) in [6.07, 6.45) is 2.92. The Balaban J connectivity index is 1.32. The number of carbonyl (C=O) groups is 1. The van der Waals surface area contributed by atoms with Crippen molar-refractivity contribution < 1.29 is 23.4 Å². The standard InChI is InChI=1S/C26H28FN7O4/c27-21-16-28-26(33-25(21)31-20-4-5-23-24(15-20)38-13-12-37-23)32-19-3-1-2-18(14-19)22(17-30-29-6-9-35)34-7-10-36-11-8-34/h1-6,9,14-16,22,30H,7-8,10-13,17H2,(H2,28,31,32,33). The fourth-order valence-corrected chi connectivity index (χ4v) is 4.29. The van der Waals surface area contributed by atoms with E-state index in [1.807, 2.05) is 24.3 Å². The zero-order valence-corrected chi connectivity index (χ0v) is 20.6. The Labute approximate surface area is 219 Å². The zero-order valence-electron chi connectivity index (χ0n) is 20.6. The van der Waals surface area contributed by atoms with Crippen LogP contribution in [0.2, 0.25) is 0 Å². The van der Waals surface area contributed by atoms with Crippen molar-refractivity contribution in [1.29, 1.82) is 0 Å². The number of nitrogens with one attached hydrogen (secondary N) is 3. The fourth-order valence-electron chi connectivity index (χ4n) is 4.29. The number of nitrogens with zero attached hydrogens (tertiary/aromatic N) is 4. The smallest absolute Gasteiger partial charge is 0.229 e. The van der Waals surface area contributed by atoms with Gasteiger partial charge in [-0.25, -0.2) is 9.37 Å². The van der Waals surface area contributed by atoms with Gasteiger partial charge in [-0.2, -0.15) is 10.1 Å². The quantitative estimate of drug-likeness (QED) is 0.208. The van der Waals surface area contributed by atoms with Gasteiger partial charge in [0.15, 0.2) is 29.4 Å². The summed E-state index contributed by atoms with van der Waals surface area (Å²) in [6.45, 7) is 4.30. The molecule has 1 atom stereocenters. The van der Waals surface area contributed by atoms with Gasteiger partial charge in [0, 0.05) is 30.5 Å². The Kier molecular flexibility index (Phi) is 8.21. The van der Waals surface area contributed by atoms with Crippen LogP contribution in [0.4, 0.5) is 27.5 Å². The molecule has 0 amide bonds. The number of hydrazone groups is 1. The number of halogens is 1. The lowest BCUT2D eigenvalue weighted by Crippen LogP contribution is -2.42. The van der Waals surface area contributed by atoms with E-state index in [1.54, 1.807) is 18.2 Å². The molecule has 1 unspecified atom stereocenters. The van der Waals surface area contributed by atoms with Crippen LogP contribution < -0.4 is 25.5 Å². The Hall–Kier alpha value is -4.29. The third kappa shape index (κ3) is 6.33. The van der Waals surface area contributed by atoms with Crippen LogP contribution in [-0.4, -0.2) is 73.4 Å². The molecule has 3 aromatic rings. The van der Waals surface area contributed by atoms with E-state index in [9.17, 15) is 9.18 Å². The number of hydrogen-bond donors (Lipinski definition) is 3. The summed E-state index contributed by atoms with van der Waals surface area (Å²) in [5.41, 5.74) is 5.33. The lowest BCUT2D eigenvalue weighted by molar-refractivity contribution is -0.102. The molecule has 1 aromatic heterocycles. The number of aromatic nitrogens is 2. The van der Waals surface area contributed by atoms with Gasteiger partial charge in [0.25, 0.3) is 0 Å². The van der Waals surface area contributed by atoms with Gasteiger partial charge in [-0.05, 0) is 29.8 Å². The number of hydrogen-bond acceptors (Lipinski definition) is 11. The van der Waals surface area contributed by atoms with E-state index in [-0.39, 0.29) is 17.8 Å². The molecule has 12 heteroatoms. The van der Waals surface area contributed by atoms with Crippen molar-refractivity contribution in [1.82, 2.24) is 20.3 Å². The SMILES string of the molecule is O=CC=NNCC(c1cccc(Nc2ncc(F)c(Nc3ccc4c(c3)OCCO4)n2)c1)N1CCOCC1. The first kappa shape index (κ1) is 25.4. The minimum Gasteiger partial charge on any atom is -0.486 e. The van der Waals surface area contributed by atoms with Crippen molar-refractivity contribution in [3.63, 3.8) is 0 Å². The van der Waals surface area contributed by atoms with Crippen LogP contribution in [-0.2, 0) is 9.53 Å². The summed E-state index contributed by atoms with van der Waals surface area (Å²) >= 11 is 0. The zero-order chi connectivity index (χ0) is 26.2. The Morgan fingerprint density at radius 1 is 1.03 bits per heavy atom. The number of aldehydes is 1. The molecule has 2 aromatic carbocycles. The minimum atomic E-state index is -0.589. The number of ether oxygens (including phenoxy) is 3. The first-order valence-electron chi connectivity index (χ1n) is 12.3. The topological polar surface area (TPSA) is 122 Å². The van der Waals surface area contributed by atoms with Crippen LogP contribution in [0.1, 0.15) is 11.6 Å². The molecular formula is C26H28FN7O4. The molecule has 11 nitrogen and oxygen atoms in total. The maximum Gasteiger partial charge on any atom is 0.229 e. The Morgan fingerprint density at radius 2 is 1.84 bits per heavy atom. The van der Waals surface area contributed by atoms with Crippen LogP contribution in [0.25, 0.3) is 0 Å². The minimum absolute atomic E-state index is 0.00831. The van der Waals surface area contributed by atoms with E-state index in [2.05, 4.69) is 36.0 Å². The lowest BCUT2D eigenvalue weighted by Gasteiger charge is -2.34. The summed E-state index contributed by atoms with van der Waals surface area (Å²) in [6, 6.07) is 13.1. The number of carbonyl (C=O) groups excluding carboxylic acids is 1. The van der Waals surface area contributed by atoms with Crippen molar-refractivity contribution in [3.05, 3.63) is 60.0 Å². The average Bonchev–Trinajstić information content (AvgIpc) is 2.95. The van der Waals surface area contributed by atoms with Crippen molar-refractivity contribution in [2.75, 3.05) is 56.7 Å². The van der Waals surface area contributed by atoms with E-state index in [1.165, 1.54) is 6.21 Å². The van der Waals surface area contributed by atoms with E-state index in [0.29, 0.717) is 56.4 Å². The van der Waals surface area contributed by atoms with E-state index >= 15 is 0 Å². The third-order valence-electron chi connectivity index (χ3n) is 6.07. The predicted octanol–water partition coefficient (Wildman–Crippen LogP) is 3.02. The van der Waals surface area contributed by atoms with Gasteiger partial charge >= 0.3 is 0 Å². The molecule has 1 saturated heterocycles. The largest absolute Gasteiger partial charge is 0.486 e. The summed E-state index contributed by atoms with van der Waals surface area (Å²) < 4.78 is 31.2. The number of benzene rings is 2. The molecular weight excluding hydrogens is 493 g/mol. The second kappa shape index (κ2) is 12.3. The van der Waals surface area contributed by atoms with Gasteiger partial charge in [-0.3, -0.25) is 9.69 Å². The monoisotopic (exact) mass is 521 g/mol. The fraction of sp³-hybridized carbons (Fsp3) is 0.308. The highest BCUT2D eigenvalue weighted by Crippen LogP contribution is 2.34. The number of morpholine rings is 1. The van der Waals surface area contributed by atoms with Gasteiger partial charge in [0.2, 0.25) is 5.95 Å². The molecule has 0 spiro atoms. The molecule has 38 heavy (non-hydrogen) atoms. The van der Waals surface area contributed by atoms with Crippen molar-refractivity contribution in [3.8, 4) is 11.5 Å². The van der Waals surface area contributed by atoms with E-state index in [4.69, 9.17) is 14.2 Å². The number of fused-ring (bicyclic) bond motifs is 1. The highest BCUT2D eigenvalue weighted by atomic mass is 19.1. The molecule has 0 radical (unpaired) electrons. The van der Waals surface area contributed by atoms with E-state index < -0.39 is 5.82 Å². The van der Waals surface area contributed by atoms with Crippen molar-refractivity contribution in [2.45, 2.75) is 6.04 Å². The maximum atomic E-state index is 14.6. The lowest BCUT2D eigenvalue weighted by atomic mass is 10.0. The van der Waals surface area contributed by atoms with Gasteiger partial charge in [-0.1, -0.05) is 12.1 Å². The summed E-state index contributed by atoms with van der Waals surface area (Å²) in [5, 5.41) is 10.1. The normalized spacial score (nSPS) is 16.1. The van der Waals surface area contributed by atoms with Crippen LogP contribution >= 0.6 is 0 Å². The molecule has 0 aliphatic carbocycles. The second-order valence-corrected chi connectivity index (χ2v) is 8.56. The summed E-state index contributed by atoms with van der Waals surface area (Å²) in [4.78, 5) is 21.3. The average molecular weight is 522 g/mol. The summed E-state index contributed by atoms with van der Waals surface area (Å²) in [7, 11) is 0. The van der Waals surface area contributed by atoms with Crippen molar-refractivity contribution in [2.24, 2.45) is 5.10 Å². The summed E-state index contributed by atoms with van der Waals surface area (Å²) in [5.74, 6) is 0.910. The van der Waals surface area contributed by atoms with Crippen LogP contribution in [0.5, 0.6) is 11.5 Å². The molecule has 3 heterocycles. The third-order valence-corrected chi connectivity index (χ3v) is 6.07. The Bertz CT molecular complexity index is 1290. The predicted molar refractivity (Wildman–Crippen MR) is 140 cm³/mol. The Morgan fingerprint density at radius 3 is 2.68 bits per heavy atom. The van der Waals surface area contributed by atoms with Crippen LogP contribution in [0.15, 0.2) is 53.8 Å². The first-order valence-corrected chi connectivity index (χ1v) is 12.3. The van der Waals surface area contributed by atoms with Crippen LogP contribution in [0.3, 0.4) is 0 Å². The van der Waals surface area contributed by atoms with Gasteiger partial charge < -0.3 is 30.3 Å². The molecule has 1 fully saturated rings. The maximum absolute atomic E-state index is 14.6. The molecule has 3 N–H and O–H groups in total. The van der Waals surface area contributed by atoms with Gasteiger partial charge in [0.1, 0.15) is 13.2 Å². The highest BCUT2D eigenvalue weighted by molar-refractivity contribution is 6.12. The first-order chi connectivity index (χ1) is 18.7. The molecule has 2 aliphatic heterocycles. The highest BCUT2D eigenvalue weighted by Gasteiger charge is 2.23. The number of rotatable bonds is 10. The molecule has 2 aliphatic rings. The van der Waals surface area contributed by atoms with Crippen LogP contribution in [0, 0.1) is 5.82 Å². The number of anilines is 4. The molecule has 5 rings (SSSR count). The van der Waals surface area contributed by atoms with Gasteiger partial charge in [-0.15, -0.1) is 0 Å². The molecule has 198 valence electrons. The van der Waals surface area contributed by atoms with Crippen molar-refractivity contribution >= 4 is 35.6 Å². The molecule has 0 saturated carbocycles. The second-order valence-electron chi connectivity index (χ2n) is 8.56. The van der Waals surface area contributed by atoms with Gasteiger partial charge in [0.05, 0.1) is 38.2 Å². The molecule has 0 bridgehead atoms.